The maximum absolute atomic E-state index is 12.5. The first kappa shape index (κ1) is 14.2. The van der Waals surface area contributed by atoms with Gasteiger partial charge < -0.3 is 9.67 Å². The van der Waals surface area contributed by atoms with Gasteiger partial charge in [0.1, 0.15) is 5.75 Å². The smallest absolute Gasteiger partial charge is 0.278 e. The van der Waals surface area contributed by atoms with E-state index in [0.717, 1.165) is 11.1 Å². The molecule has 0 spiro atoms. The number of rotatable bonds is 3. The Hall–Kier alpha value is -3.42. The molecule has 0 aliphatic carbocycles. The molecule has 0 atom stereocenters. The maximum Gasteiger partial charge on any atom is 0.278 e. The van der Waals surface area contributed by atoms with Crippen molar-refractivity contribution in [2.24, 2.45) is 0 Å². The Kier molecular flexibility index (Phi) is 3.16. The lowest BCUT2D eigenvalue weighted by atomic mass is 10.2. The molecule has 0 unspecified atom stereocenters. The molecule has 24 heavy (non-hydrogen) atoms. The second-order valence-corrected chi connectivity index (χ2v) is 5.56. The average molecular weight is 322 g/mol. The van der Waals surface area contributed by atoms with Crippen molar-refractivity contribution in [3.8, 4) is 11.7 Å². The van der Waals surface area contributed by atoms with Gasteiger partial charge in [-0.3, -0.25) is 9.78 Å². The number of aromatic hydroxyl groups is 1. The molecule has 3 aromatic heterocycles. The fourth-order valence-corrected chi connectivity index (χ4v) is 2.53. The van der Waals surface area contributed by atoms with Gasteiger partial charge in [-0.25, -0.2) is 9.67 Å². The molecule has 0 fully saturated rings. The number of nitrogens with zero attached hydrogens (tertiary/aromatic N) is 5. The van der Waals surface area contributed by atoms with E-state index in [-0.39, 0.29) is 11.3 Å². The zero-order valence-electron chi connectivity index (χ0n) is 12.8. The maximum atomic E-state index is 12.5. The molecule has 0 saturated heterocycles. The van der Waals surface area contributed by atoms with Crippen molar-refractivity contribution in [3.63, 3.8) is 0 Å². The van der Waals surface area contributed by atoms with Crippen LogP contribution in [0, 0.1) is 6.92 Å². The first-order valence-corrected chi connectivity index (χ1v) is 7.35. The van der Waals surface area contributed by atoms with Crippen LogP contribution in [-0.2, 0) is 6.54 Å². The quantitative estimate of drug-likeness (QED) is 0.593. The van der Waals surface area contributed by atoms with E-state index in [1.165, 1.54) is 4.68 Å². The van der Waals surface area contributed by atoms with Crippen LogP contribution in [0.2, 0.25) is 0 Å². The number of H-pyrrole nitrogens is 1. The van der Waals surface area contributed by atoms with Crippen molar-refractivity contribution in [3.05, 3.63) is 64.5 Å². The molecule has 0 bridgehead atoms. The highest BCUT2D eigenvalue weighted by Crippen LogP contribution is 2.13. The largest absolute Gasteiger partial charge is 0.508 e. The van der Waals surface area contributed by atoms with E-state index in [1.807, 2.05) is 6.92 Å². The molecule has 0 aliphatic heterocycles. The Balaban J connectivity index is 1.76. The summed E-state index contributed by atoms with van der Waals surface area (Å²) in [5.74, 6) is 0.531. The van der Waals surface area contributed by atoms with Crippen molar-refractivity contribution in [2.45, 2.75) is 13.5 Å². The molecule has 0 amide bonds. The van der Waals surface area contributed by atoms with E-state index in [0.29, 0.717) is 23.7 Å². The lowest BCUT2D eigenvalue weighted by Crippen LogP contribution is -2.16. The van der Waals surface area contributed by atoms with Crippen LogP contribution >= 0.6 is 0 Å². The number of hydrogen-bond donors (Lipinski definition) is 2. The lowest BCUT2D eigenvalue weighted by molar-refractivity contribution is 0.475. The Morgan fingerprint density at radius 3 is 2.75 bits per heavy atom. The van der Waals surface area contributed by atoms with Crippen molar-refractivity contribution in [2.75, 3.05) is 0 Å². The lowest BCUT2D eigenvalue weighted by Gasteiger charge is -2.05. The SMILES string of the molecule is Cc1cnn(-c2nc3ncn(Cc4ccc(O)cc4)c3c(=O)[nH]2)c1. The molecule has 4 rings (SSSR count). The van der Waals surface area contributed by atoms with Crippen LogP contribution in [0.5, 0.6) is 5.75 Å². The number of aryl methyl sites for hydroxylation is 1. The molecular weight excluding hydrogens is 308 g/mol. The van der Waals surface area contributed by atoms with E-state index in [4.69, 9.17) is 0 Å². The van der Waals surface area contributed by atoms with Gasteiger partial charge in [0.2, 0.25) is 5.95 Å². The van der Waals surface area contributed by atoms with E-state index in [1.54, 1.807) is 47.6 Å². The van der Waals surface area contributed by atoms with Gasteiger partial charge in [-0.1, -0.05) is 12.1 Å². The predicted octanol–water partition coefficient (Wildman–Crippen LogP) is 1.37. The van der Waals surface area contributed by atoms with Gasteiger partial charge in [0, 0.05) is 12.7 Å². The normalized spacial score (nSPS) is 11.2. The van der Waals surface area contributed by atoms with Crippen molar-refractivity contribution in [1.82, 2.24) is 29.3 Å². The van der Waals surface area contributed by atoms with Gasteiger partial charge in [0.25, 0.3) is 5.56 Å². The van der Waals surface area contributed by atoms with Crippen LogP contribution in [-0.4, -0.2) is 34.4 Å². The van der Waals surface area contributed by atoms with Crippen LogP contribution in [0.4, 0.5) is 0 Å². The molecule has 8 nitrogen and oxygen atoms in total. The summed E-state index contributed by atoms with van der Waals surface area (Å²) in [5.41, 5.74) is 2.39. The molecule has 3 heterocycles. The number of fused-ring (bicyclic) bond motifs is 1. The topological polar surface area (TPSA) is 102 Å². The van der Waals surface area contributed by atoms with Gasteiger partial charge in [0.05, 0.1) is 12.5 Å². The summed E-state index contributed by atoms with van der Waals surface area (Å²) in [6, 6.07) is 6.80. The van der Waals surface area contributed by atoms with Crippen LogP contribution < -0.4 is 5.56 Å². The van der Waals surface area contributed by atoms with E-state index in [2.05, 4.69) is 20.1 Å². The van der Waals surface area contributed by atoms with Crippen LogP contribution in [0.1, 0.15) is 11.1 Å². The Morgan fingerprint density at radius 1 is 1.25 bits per heavy atom. The van der Waals surface area contributed by atoms with Crippen molar-refractivity contribution < 1.29 is 5.11 Å². The number of benzene rings is 1. The highest BCUT2D eigenvalue weighted by atomic mass is 16.3. The van der Waals surface area contributed by atoms with Crippen molar-refractivity contribution >= 4 is 11.2 Å². The number of nitrogens with one attached hydrogen (secondary N) is 1. The van der Waals surface area contributed by atoms with Gasteiger partial charge in [0.15, 0.2) is 11.2 Å². The summed E-state index contributed by atoms with van der Waals surface area (Å²) in [4.78, 5) is 23.8. The molecule has 1 aromatic carbocycles. The molecule has 4 aromatic rings. The van der Waals surface area contributed by atoms with Crippen molar-refractivity contribution in [1.29, 1.82) is 0 Å². The molecular formula is C16H14N6O2. The summed E-state index contributed by atoms with van der Waals surface area (Å²) in [6.07, 6.45) is 5.04. The van der Waals surface area contributed by atoms with Crippen LogP contribution in [0.15, 0.2) is 47.8 Å². The third-order valence-corrected chi connectivity index (χ3v) is 3.69. The van der Waals surface area contributed by atoms with Gasteiger partial charge in [-0.2, -0.15) is 10.1 Å². The number of phenolic OH excluding ortho intramolecular Hbond substituents is 1. The first-order valence-electron chi connectivity index (χ1n) is 7.35. The van der Waals surface area contributed by atoms with Crippen LogP contribution in [0.3, 0.4) is 0 Å². The highest BCUT2D eigenvalue weighted by Gasteiger charge is 2.12. The monoisotopic (exact) mass is 322 g/mol. The fourth-order valence-electron chi connectivity index (χ4n) is 2.53. The third kappa shape index (κ3) is 2.43. The first-order chi connectivity index (χ1) is 11.6. The number of aromatic nitrogens is 6. The molecule has 120 valence electrons. The van der Waals surface area contributed by atoms with E-state index >= 15 is 0 Å². The standard InChI is InChI=1S/C16H14N6O2/c1-10-6-18-22(7-10)16-19-14-13(15(24)20-16)21(9-17-14)8-11-2-4-12(23)5-3-11/h2-7,9,23H,8H2,1H3,(H,19,20,24). The molecule has 0 aliphatic rings. The summed E-state index contributed by atoms with van der Waals surface area (Å²) >= 11 is 0. The Bertz CT molecular complexity index is 1070. The summed E-state index contributed by atoms with van der Waals surface area (Å²) in [7, 11) is 0. The molecule has 8 heteroatoms. The second-order valence-electron chi connectivity index (χ2n) is 5.56. The minimum atomic E-state index is -0.278. The minimum Gasteiger partial charge on any atom is -0.508 e. The number of imidazole rings is 1. The van der Waals surface area contributed by atoms with E-state index in [9.17, 15) is 9.90 Å². The van der Waals surface area contributed by atoms with E-state index < -0.39 is 0 Å². The molecule has 0 radical (unpaired) electrons. The number of hydrogen-bond acceptors (Lipinski definition) is 5. The zero-order chi connectivity index (χ0) is 16.7. The molecule has 2 N–H and O–H groups in total. The number of phenols is 1. The molecule has 0 saturated carbocycles. The highest BCUT2D eigenvalue weighted by molar-refractivity contribution is 5.70. The van der Waals surface area contributed by atoms with Crippen LogP contribution in [0.25, 0.3) is 17.1 Å². The number of aromatic amines is 1. The summed E-state index contributed by atoms with van der Waals surface area (Å²) < 4.78 is 3.24. The zero-order valence-corrected chi connectivity index (χ0v) is 12.8. The fraction of sp³-hybridized carbons (Fsp3) is 0.125. The minimum absolute atomic E-state index is 0.202. The van der Waals surface area contributed by atoms with Gasteiger partial charge in [-0.05, 0) is 30.2 Å². The third-order valence-electron chi connectivity index (χ3n) is 3.69. The average Bonchev–Trinajstić information content (AvgIpc) is 3.16. The van der Waals surface area contributed by atoms with Gasteiger partial charge in [-0.15, -0.1) is 0 Å². The van der Waals surface area contributed by atoms with Gasteiger partial charge >= 0.3 is 0 Å². The Labute approximate surface area is 136 Å². The Morgan fingerprint density at radius 2 is 2.04 bits per heavy atom. The predicted molar refractivity (Wildman–Crippen MR) is 87.2 cm³/mol. The second kappa shape index (κ2) is 5.34. The summed E-state index contributed by atoms with van der Waals surface area (Å²) in [6.45, 7) is 2.37. The summed E-state index contributed by atoms with van der Waals surface area (Å²) in [5, 5.41) is 13.5.